The molecule has 0 aliphatic heterocycles. The van der Waals surface area contributed by atoms with E-state index < -0.39 is 17.2 Å². The zero-order valence-electron chi connectivity index (χ0n) is 19.6. The number of nitrogens with zero attached hydrogens (tertiary/aromatic N) is 1. The molecular weight excluding hydrogens is 440 g/mol. The molecule has 3 aromatic rings. The molecule has 3 rings (SSSR count). The van der Waals surface area contributed by atoms with E-state index in [-0.39, 0.29) is 24.0 Å². The van der Waals surface area contributed by atoms with Gasteiger partial charge in [0, 0.05) is 24.5 Å². The minimum atomic E-state index is -0.683. The lowest BCUT2D eigenvalue weighted by Gasteiger charge is -2.16. The molecule has 1 amide bonds. The summed E-state index contributed by atoms with van der Waals surface area (Å²) in [6, 6.07) is 8.56. The smallest absolute Gasteiger partial charge is 0.268 e. The average Bonchev–Trinajstić information content (AvgIpc) is 2.85. The van der Waals surface area contributed by atoms with E-state index in [4.69, 9.17) is 18.9 Å². The van der Waals surface area contributed by atoms with Crippen LogP contribution in [0.4, 0.5) is 0 Å². The molecular formula is C25H28N2O7. The number of aromatic hydroxyl groups is 1. The minimum Gasteiger partial charge on any atom is -0.506 e. The zero-order valence-corrected chi connectivity index (χ0v) is 19.6. The molecule has 1 aromatic heterocycles. The van der Waals surface area contributed by atoms with Crippen LogP contribution in [0.1, 0.15) is 15.9 Å². The lowest BCUT2D eigenvalue weighted by molar-refractivity contribution is 0.0949. The fourth-order valence-electron chi connectivity index (χ4n) is 3.72. The monoisotopic (exact) mass is 468 g/mol. The average molecular weight is 469 g/mol. The summed E-state index contributed by atoms with van der Waals surface area (Å²) in [5.41, 5.74) is 0.304. The van der Waals surface area contributed by atoms with E-state index >= 15 is 0 Å². The summed E-state index contributed by atoms with van der Waals surface area (Å²) in [5, 5.41) is 13.9. The summed E-state index contributed by atoms with van der Waals surface area (Å²) in [5.74, 6) is 0.816. The molecule has 0 aliphatic carbocycles. The fourth-order valence-corrected chi connectivity index (χ4v) is 3.72. The van der Waals surface area contributed by atoms with Gasteiger partial charge in [-0.1, -0.05) is 12.1 Å². The van der Waals surface area contributed by atoms with Crippen molar-refractivity contribution in [2.24, 2.45) is 0 Å². The van der Waals surface area contributed by atoms with Crippen molar-refractivity contribution in [3.8, 4) is 28.7 Å². The second-order valence-corrected chi connectivity index (χ2v) is 7.35. The third kappa shape index (κ3) is 4.63. The number of aromatic nitrogens is 1. The van der Waals surface area contributed by atoms with Crippen LogP contribution < -0.4 is 29.8 Å². The van der Waals surface area contributed by atoms with Gasteiger partial charge in [-0.3, -0.25) is 9.59 Å². The highest BCUT2D eigenvalue weighted by Crippen LogP contribution is 2.36. The highest BCUT2D eigenvalue weighted by Gasteiger charge is 2.23. The maximum atomic E-state index is 13.2. The van der Waals surface area contributed by atoms with Crippen LogP contribution in [-0.2, 0) is 13.0 Å². The summed E-state index contributed by atoms with van der Waals surface area (Å²) < 4.78 is 22.5. The number of nitrogens with one attached hydrogen (secondary N) is 1. The standard InChI is InChI=1S/C25H28N2O7/c1-6-11-27-17-14-21(34-5)20(33-4)13-16(17)23(28)22(25(27)30)24(29)26-10-9-15-7-8-18(31-2)19(12-15)32-3/h6-8,12-14,28H,1,9-11H2,2-5H3,(H,26,29). The van der Waals surface area contributed by atoms with Crippen molar-refractivity contribution in [3.63, 3.8) is 0 Å². The summed E-state index contributed by atoms with van der Waals surface area (Å²) in [4.78, 5) is 26.1. The van der Waals surface area contributed by atoms with Gasteiger partial charge in [-0.2, -0.15) is 0 Å². The maximum Gasteiger partial charge on any atom is 0.268 e. The molecule has 0 saturated carbocycles. The predicted molar refractivity (Wildman–Crippen MR) is 129 cm³/mol. The van der Waals surface area contributed by atoms with Crippen molar-refractivity contribution in [1.29, 1.82) is 0 Å². The van der Waals surface area contributed by atoms with E-state index in [1.807, 2.05) is 12.1 Å². The molecule has 0 spiro atoms. The quantitative estimate of drug-likeness (QED) is 0.441. The minimum absolute atomic E-state index is 0.136. The molecule has 0 atom stereocenters. The van der Waals surface area contributed by atoms with Gasteiger partial charge >= 0.3 is 0 Å². The van der Waals surface area contributed by atoms with E-state index in [1.54, 1.807) is 26.4 Å². The van der Waals surface area contributed by atoms with Gasteiger partial charge in [-0.25, -0.2) is 0 Å². The molecule has 0 unspecified atom stereocenters. The van der Waals surface area contributed by atoms with E-state index in [1.165, 1.54) is 30.9 Å². The van der Waals surface area contributed by atoms with E-state index in [9.17, 15) is 14.7 Å². The summed E-state index contributed by atoms with van der Waals surface area (Å²) in [7, 11) is 6.03. The molecule has 34 heavy (non-hydrogen) atoms. The molecule has 0 saturated heterocycles. The summed E-state index contributed by atoms with van der Waals surface area (Å²) in [6.07, 6.45) is 2.01. The van der Waals surface area contributed by atoms with Crippen LogP contribution in [0.15, 0.2) is 47.8 Å². The molecule has 0 radical (unpaired) electrons. The van der Waals surface area contributed by atoms with Crippen LogP contribution >= 0.6 is 0 Å². The largest absolute Gasteiger partial charge is 0.506 e. The van der Waals surface area contributed by atoms with Gasteiger partial charge in [0.1, 0.15) is 11.3 Å². The van der Waals surface area contributed by atoms with Crippen LogP contribution in [0.25, 0.3) is 10.9 Å². The van der Waals surface area contributed by atoms with Gasteiger partial charge in [-0.15, -0.1) is 6.58 Å². The number of allylic oxidation sites excluding steroid dienone is 1. The number of ether oxygens (including phenoxy) is 4. The number of benzene rings is 2. The second-order valence-electron chi connectivity index (χ2n) is 7.35. The topological polar surface area (TPSA) is 108 Å². The number of hydrogen-bond acceptors (Lipinski definition) is 7. The van der Waals surface area contributed by atoms with Crippen LogP contribution in [-0.4, -0.2) is 50.6 Å². The summed E-state index contributed by atoms with van der Waals surface area (Å²) >= 11 is 0. The Morgan fingerprint density at radius 1 is 1.00 bits per heavy atom. The lowest BCUT2D eigenvalue weighted by atomic mass is 10.1. The third-order valence-electron chi connectivity index (χ3n) is 5.43. The number of methoxy groups -OCH3 is 4. The zero-order chi connectivity index (χ0) is 24.8. The Morgan fingerprint density at radius 2 is 1.62 bits per heavy atom. The van der Waals surface area contributed by atoms with Crippen LogP contribution in [0, 0.1) is 0 Å². The molecule has 0 fully saturated rings. The van der Waals surface area contributed by atoms with E-state index in [0.29, 0.717) is 34.9 Å². The lowest BCUT2D eigenvalue weighted by Crippen LogP contribution is -2.34. The van der Waals surface area contributed by atoms with Crippen LogP contribution in [0.5, 0.6) is 28.7 Å². The van der Waals surface area contributed by atoms with Crippen molar-refractivity contribution >= 4 is 16.8 Å². The van der Waals surface area contributed by atoms with Crippen LogP contribution in [0.2, 0.25) is 0 Å². The van der Waals surface area contributed by atoms with Crippen molar-refractivity contribution in [2.45, 2.75) is 13.0 Å². The molecule has 9 heteroatoms. The molecule has 2 aromatic carbocycles. The molecule has 0 bridgehead atoms. The van der Waals surface area contributed by atoms with Gasteiger partial charge in [0.15, 0.2) is 23.0 Å². The number of pyridine rings is 1. The number of carbonyl (C=O) groups is 1. The Morgan fingerprint density at radius 3 is 2.24 bits per heavy atom. The SMILES string of the molecule is C=CCn1c(=O)c(C(=O)NCCc2ccc(OC)c(OC)c2)c(O)c2cc(OC)c(OC)cc21. The molecule has 2 N–H and O–H groups in total. The Kier molecular flexibility index (Phi) is 7.68. The number of fused-ring (bicyclic) bond motifs is 1. The Labute approximate surface area is 197 Å². The van der Waals surface area contributed by atoms with Gasteiger partial charge in [0.2, 0.25) is 0 Å². The van der Waals surface area contributed by atoms with Crippen molar-refractivity contribution < 1.29 is 28.8 Å². The first-order valence-electron chi connectivity index (χ1n) is 10.5. The van der Waals surface area contributed by atoms with Gasteiger partial charge in [-0.05, 0) is 30.2 Å². The maximum absolute atomic E-state index is 13.2. The first-order chi connectivity index (χ1) is 16.4. The number of carbonyl (C=O) groups excluding carboxylic acids is 1. The summed E-state index contributed by atoms with van der Waals surface area (Å²) in [6.45, 7) is 4.06. The van der Waals surface area contributed by atoms with E-state index in [2.05, 4.69) is 11.9 Å². The van der Waals surface area contributed by atoms with Gasteiger partial charge in [0.25, 0.3) is 11.5 Å². The Balaban J connectivity index is 1.94. The molecule has 9 nitrogen and oxygen atoms in total. The Bertz CT molecular complexity index is 1280. The van der Waals surface area contributed by atoms with Gasteiger partial charge < -0.3 is 33.9 Å². The second kappa shape index (κ2) is 10.7. The normalized spacial score (nSPS) is 10.6. The number of rotatable bonds is 10. The predicted octanol–water partition coefficient (Wildman–Crippen LogP) is 2.90. The van der Waals surface area contributed by atoms with Crippen molar-refractivity contribution in [1.82, 2.24) is 9.88 Å². The molecule has 1 heterocycles. The number of hydrogen-bond donors (Lipinski definition) is 2. The van der Waals surface area contributed by atoms with Crippen LogP contribution in [0.3, 0.4) is 0 Å². The fraction of sp³-hybridized carbons (Fsp3) is 0.280. The molecule has 180 valence electrons. The van der Waals surface area contributed by atoms with Crippen molar-refractivity contribution in [3.05, 3.63) is 64.5 Å². The van der Waals surface area contributed by atoms with E-state index in [0.717, 1.165) is 5.56 Å². The third-order valence-corrected chi connectivity index (χ3v) is 5.43. The van der Waals surface area contributed by atoms with Crippen molar-refractivity contribution in [2.75, 3.05) is 35.0 Å². The highest BCUT2D eigenvalue weighted by atomic mass is 16.5. The molecule has 0 aliphatic rings. The number of amides is 1. The Hall–Kier alpha value is -4.14. The first kappa shape index (κ1) is 24.5. The highest BCUT2D eigenvalue weighted by molar-refractivity contribution is 6.03. The van der Waals surface area contributed by atoms with Gasteiger partial charge in [0.05, 0.1) is 34.0 Å². The first-order valence-corrected chi connectivity index (χ1v) is 10.5.